The predicted molar refractivity (Wildman–Crippen MR) is 132 cm³/mol. The van der Waals surface area contributed by atoms with E-state index in [1.807, 2.05) is 38.6 Å². The van der Waals surface area contributed by atoms with Crippen molar-refractivity contribution < 1.29 is 0 Å². The van der Waals surface area contributed by atoms with Crippen LogP contribution in [0.1, 0.15) is 19.5 Å². The number of benzene rings is 1. The van der Waals surface area contributed by atoms with Gasteiger partial charge in [-0.3, -0.25) is 23.8 Å². The van der Waals surface area contributed by atoms with Crippen molar-refractivity contribution in [3.05, 3.63) is 65.2 Å². The molecule has 8 heteroatoms. The third-order valence-corrected chi connectivity index (χ3v) is 6.35. The van der Waals surface area contributed by atoms with E-state index in [1.165, 1.54) is 0 Å². The second-order valence-corrected chi connectivity index (χ2v) is 8.81. The first-order chi connectivity index (χ1) is 15.8. The minimum atomic E-state index is -0.122. The minimum Gasteiger partial charge on any atom is -0.371 e. The summed E-state index contributed by atoms with van der Waals surface area (Å²) < 4.78 is 5.11. The highest BCUT2D eigenvalue weighted by Gasteiger charge is 2.19. The molecule has 0 saturated heterocycles. The lowest BCUT2D eigenvalue weighted by molar-refractivity contribution is 0.753. The molecule has 0 N–H and O–H groups in total. The van der Waals surface area contributed by atoms with E-state index in [-0.39, 0.29) is 5.69 Å². The molecule has 5 aromatic rings. The van der Waals surface area contributed by atoms with Crippen LogP contribution in [0.4, 0.5) is 5.69 Å². The molecule has 0 unspecified atom stereocenters. The number of hydrogen-bond acceptors (Lipinski definition) is 5. The topological polar surface area (TPSA) is 73.8 Å². The largest absolute Gasteiger partial charge is 0.371 e. The Hall–Kier alpha value is -3.94. The fourth-order valence-corrected chi connectivity index (χ4v) is 4.28. The fraction of sp³-hybridized carbons (Fsp3) is 0.280. The van der Waals surface area contributed by atoms with Gasteiger partial charge in [-0.2, -0.15) is 5.10 Å². The molecule has 0 saturated carbocycles. The van der Waals surface area contributed by atoms with E-state index in [9.17, 15) is 4.79 Å². The van der Waals surface area contributed by atoms with E-state index in [4.69, 9.17) is 0 Å². The lowest BCUT2D eigenvalue weighted by Crippen LogP contribution is -2.25. The molecule has 0 fully saturated rings. The van der Waals surface area contributed by atoms with Crippen LogP contribution in [-0.4, -0.2) is 42.0 Å². The van der Waals surface area contributed by atoms with Gasteiger partial charge in [-0.05, 0) is 44.5 Å². The van der Waals surface area contributed by atoms with Gasteiger partial charge >= 0.3 is 5.69 Å². The highest BCUT2D eigenvalue weighted by Crippen LogP contribution is 2.31. The van der Waals surface area contributed by atoms with Gasteiger partial charge in [0.05, 0.1) is 46.0 Å². The van der Waals surface area contributed by atoms with Crippen molar-refractivity contribution >= 4 is 27.6 Å². The Bertz CT molecular complexity index is 1570. The maximum Gasteiger partial charge on any atom is 0.333 e. The van der Waals surface area contributed by atoms with Gasteiger partial charge in [0.2, 0.25) is 0 Å². The third kappa shape index (κ3) is 3.29. The molecule has 0 spiro atoms. The van der Waals surface area contributed by atoms with Crippen LogP contribution in [0.3, 0.4) is 0 Å². The molecule has 33 heavy (non-hydrogen) atoms. The van der Waals surface area contributed by atoms with Gasteiger partial charge in [0.15, 0.2) is 0 Å². The zero-order valence-electron chi connectivity index (χ0n) is 19.7. The van der Waals surface area contributed by atoms with Crippen LogP contribution in [0, 0.1) is 6.92 Å². The first-order valence-corrected chi connectivity index (χ1v) is 11.0. The molecule has 0 bridgehead atoms. The van der Waals surface area contributed by atoms with E-state index >= 15 is 0 Å². The number of fused-ring (bicyclic) bond motifs is 3. The average molecular weight is 442 g/mol. The van der Waals surface area contributed by atoms with Crippen LogP contribution in [0.2, 0.25) is 0 Å². The number of aryl methyl sites for hydroxylation is 3. The van der Waals surface area contributed by atoms with Crippen molar-refractivity contribution in [3.8, 4) is 16.8 Å². The summed E-state index contributed by atoms with van der Waals surface area (Å²) in [5.41, 5.74) is 6.97. The number of aromatic nitrogens is 6. The molecule has 0 aliphatic carbocycles. The van der Waals surface area contributed by atoms with Gasteiger partial charge in [-0.25, -0.2) is 4.79 Å². The summed E-state index contributed by atoms with van der Waals surface area (Å²) >= 11 is 0. The van der Waals surface area contributed by atoms with Gasteiger partial charge in [-0.1, -0.05) is 6.07 Å². The Balaban J connectivity index is 1.79. The van der Waals surface area contributed by atoms with E-state index in [0.717, 1.165) is 50.1 Å². The zero-order chi connectivity index (χ0) is 23.4. The molecule has 4 heterocycles. The number of nitrogens with zero attached hydrogens (tertiary/aromatic N) is 7. The SMILES string of the molecule is Cc1nn(C)cc1-n1c(=O)n(C)c2cnc3ccc(-c4cncc(N(C)C(C)C)c4)cc3c21. The highest BCUT2D eigenvalue weighted by molar-refractivity contribution is 6.04. The first-order valence-electron chi connectivity index (χ1n) is 11.0. The van der Waals surface area contributed by atoms with Crippen LogP contribution in [0.15, 0.2) is 53.8 Å². The fourth-order valence-electron chi connectivity index (χ4n) is 4.28. The first kappa shape index (κ1) is 20.9. The molecule has 0 atom stereocenters. The van der Waals surface area contributed by atoms with Crippen molar-refractivity contribution in [2.45, 2.75) is 26.8 Å². The van der Waals surface area contributed by atoms with Crippen LogP contribution < -0.4 is 10.6 Å². The van der Waals surface area contributed by atoms with Crippen molar-refractivity contribution in [3.63, 3.8) is 0 Å². The number of pyridine rings is 2. The quantitative estimate of drug-likeness (QED) is 0.424. The molecule has 0 aliphatic rings. The second-order valence-electron chi connectivity index (χ2n) is 8.81. The van der Waals surface area contributed by atoms with Crippen molar-refractivity contribution in [2.75, 3.05) is 11.9 Å². The van der Waals surface area contributed by atoms with E-state index in [1.54, 1.807) is 27.1 Å². The normalized spacial score (nSPS) is 11.7. The molecule has 168 valence electrons. The van der Waals surface area contributed by atoms with Crippen molar-refractivity contribution in [1.82, 2.24) is 28.9 Å². The molecule has 8 nitrogen and oxygen atoms in total. The Kier molecular flexibility index (Phi) is 4.81. The van der Waals surface area contributed by atoms with Crippen LogP contribution in [0.5, 0.6) is 0 Å². The predicted octanol–water partition coefficient (Wildman–Crippen LogP) is 3.83. The van der Waals surface area contributed by atoms with Crippen LogP contribution in [-0.2, 0) is 14.1 Å². The lowest BCUT2D eigenvalue weighted by atomic mass is 10.0. The molecular weight excluding hydrogens is 414 g/mol. The van der Waals surface area contributed by atoms with Gasteiger partial charge in [0, 0.05) is 50.5 Å². The Morgan fingerprint density at radius 1 is 1.03 bits per heavy atom. The van der Waals surface area contributed by atoms with Gasteiger partial charge in [0.1, 0.15) is 0 Å². The van der Waals surface area contributed by atoms with E-state index in [2.05, 4.69) is 59.1 Å². The molecule has 4 aromatic heterocycles. The van der Waals surface area contributed by atoms with Crippen molar-refractivity contribution in [2.24, 2.45) is 14.1 Å². The molecule has 0 amide bonds. The van der Waals surface area contributed by atoms with Gasteiger partial charge in [-0.15, -0.1) is 0 Å². The van der Waals surface area contributed by atoms with E-state index < -0.39 is 0 Å². The standard InChI is InChI=1S/C25H27N7O/c1-15(2)30(5)19-9-18(11-26-12-19)17-7-8-21-20(10-17)24-22(13-27-21)31(6)25(33)32(24)23-14-29(4)28-16(23)3/h7-15H,1-6H3. The lowest BCUT2D eigenvalue weighted by Gasteiger charge is -2.23. The maximum absolute atomic E-state index is 13.3. The Morgan fingerprint density at radius 2 is 1.82 bits per heavy atom. The van der Waals surface area contributed by atoms with Gasteiger partial charge < -0.3 is 4.90 Å². The second kappa shape index (κ2) is 7.58. The molecule has 5 rings (SSSR count). The maximum atomic E-state index is 13.3. The summed E-state index contributed by atoms with van der Waals surface area (Å²) in [6.07, 6.45) is 7.39. The summed E-state index contributed by atoms with van der Waals surface area (Å²) in [6.45, 7) is 6.22. The number of imidazole rings is 1. The van der Waals surface area contributed by atoms with E-state index in [0.29, 0.717) is 6.04 Å². The molecule has 0 aliphatic heterocycles. The summed E-state index contributed by atoms with van der Waals surface area (Å²) in [7, 11) is 5.70. The monoisotopic (exact) mass is 441 g/mol. The van der Waals surface area contributed by atoms with Crippen LogP contribution in [0.25, 0.3) is 38.8 Å². The average Bonchev–Trinajstić information content (AvgIpc) is 3.27. The summed E-state index contributed by atoms with van der Waals surface area (Å²) in [6, 6.07) is 8.66. The summed E-state index contributed by atoms with van der Waals surface area (Å²) in [4.78, 5) is 24.6. The third-order valence-electron chi connectivity index (χ3n) is 6.35. The minimum absolute atomic E-state index is 0.122. The zero-order valence-corrected chi connectivity index (χ0v) is 19.7. The summed E-state index contributed by atoms with van der Waals surface area (Å²) in [5.74, 6) is 0. The van der Waals surface area contributed by atoms with Crippen LogP contribution >= 0.6 is 0 Å². The highest BCUT2D eigenvalue weighted by atomic mass is 16.1. The van der Waals surface area contributed by atoms with Crippen molar-refractivity contribution in [1.29, 1.82) is 0 Å². The Morgan fingerprint density at radius 3 is 2.52 bits per heavy atom. The number of rotatable bonds is 4. The smallest absolute Gasteiger partial charge is 0.333 e. The molecule has 0 radical (unpaired) electrons. The number of anilines is 1. The number of hydrogen-bond donors (Lipinski definition) is 0. The molecule has 1 aromatic carbocycles. The molecular formula is C25H27N7O. The Labute approximate surface area is 191 Å². The van der Waals surface area contributed by atoms with Gasteiger partial charge in [0.25, 0.3) is 0 Å². The summed E-state index contributed by atoms with van der Waals surface area (Å²) in [5, 5.41) is 5.36.